The Morgan fingerprint density at radius 3 is 2.43 bits per heavy atom. The van der Waals surface area contributed by atoms with Crippen LogP contribution < -0.4 is 0 Å². The maximum atomic E-state index is 15.1. The van der Waals surface area contributed by atoms with Gasteiger partial charge in [-0.25, -0.2) is 26.0 Å². The Hall–Kier alpha value is -2.31. The predicted molar refractivity (Wildman–Crippen MR) is 127 cm³/mol. The lowest BCUT2D eigenvalue weighted by Gasteiger charge is -2.32. The van der Waals surface area contributed by atoms with Gasteiger partial charge in [0.1, 0.15) is 17.3 Å². The summed E-state index contributed by atoms with van der Waals surface area (Å²) in [7, 11) is -8.13. The summed E-state index contributed by atoms with van der Waals surface area (Å²) >= 11 is 6.26. The third kappa shape index (κ3) is 6.10. The van der Waals surface area contributed by atoms with Crippen molar-refractivity contribution in [3.8, 4) is 0 Å². The molecule has 0 saturated heterocycles. The van der Waals surface area contributed by atoms with Gasteiger partial charge in [-0.15, -0.1) is 0 Å². The van der Waals surface area contributed by atoms with Crippen molar-refractivity contribution in [1.29, 1.82) is 0 Å². The number of carbonyl (C=O) groups excluding carboxylic acids is 2. The molecule has 13 heteroatoms. The molecule has 2 heterocycles. The number of sulfone groups is 2. The number of aliphatic imine (C=N–C) groups is 1. The second-order valence-electron chi connectivity index (χ2n) is 9.26. The Morgan fingerprint density at radius 1 is 1.17 bits per heavy atom. The van der Waals surface area contributed by atoms with E-state index >= 15 is 4.39 Å². The number of hydrogen-bond donors (Lipinski definition) is 0. The third-order valence-corrected chi connectivity index (χ3v) is 9.36. The van der Waals surface area contributed by atoms with Crippen molar-refractivity contribution in [2.24, 2.45) is 10.9 Å². The van der Waals surface area contributed by atoms with E-state index in [1.54, 1.807) is 20.8 Å². The molecule has 0 radical (unpaired) electrons. The molecular weight excluding hydrogens is 525 g/mol. The molecule has 2 unspecified atom stereocenters. The van der Waals surface area contributed by atoms with E-state index in [4.69, 9.17) is 21.1 Å². The van der Waals surface area contributed by atoms with Crippen molar-refractivity contribution in [2.45, 2.75) is 39.2 Å². The minimum Gasteiger partial charge on any atom is -0.457 e. The molecule has 0 saturated carbocycles. The Morgan fingerprint density at radius 2 is 1.83 bits per heavy atom. The van der Waals surface area contributed by atoms with Gasteiger partial charge in [0.2, 0.25) is 0 Å². The van der Waals surface area contributed by atoms with Gasteiger partial charge in [-0.1, -0.05) is 17.7 Å². The molecule has 35 heavy (non-hydrogen) atoms. The van der Waals surface area contributed by atoms with Crippen LogP contribution in [0.4, 0.5) is 4.39 Å². The van der Waals surface area contributed by atoms with E-state index in [1.807, 2.05) is 0 Å². The molecule has 9 nitrogen and oxygen atoms in total. The van der Waals surface area contributed by atoms with Gasteiger partial charge >= 0.3 is 11.9 Å². The lowest BCUT2D eigenvalue weighted by Crippen LogP contribution is -2.38. The summed E-state index contributed by atoms with van der Waals surface area (Å²) in [6.45, 7) is 5.47. The summed E-state index contributed by atoms with van der Waals surface area (Å²) in [5.41, 5.74) is -1.44. The summed E-state index contributed by atoms with van der Waals surface area (Å²) in [6, 6.07) is 3.68. The first-order chi connectivity index (χ1) is 16.0. The monoisotopic (exact) mass is 549 g/mol. The molecule has 192 valence electrons. The minimum absolute atomic E-state index is 0.00504. The fourth-order valence-electron chi connectivity index (χ4n) is 4.02. The van der Waals surface area contributed by atoms with Gasteiger partial charge in [-0.2, -0.15) is 0 Å². The quantitative estimate of drug-likeness (QED) is 0.523. The first-order valence-electron chi connectivity index (χ1n) is 10.6. The van der Waals surface area contributed by atoms with E-state index in [-0.39, 0.29) is 22.0 Å². The molecule has 2 aliphatic heterocycles. The number of carbonyl (C=O) groups is 2. The number of nitrogens with zero attached hydrogens (tertiary/aromatic N) is 1. The van der Waals surface area contributed by atoms with E-state index in [0.717, 1.165) is 6.07 Å². The average molecular weight is 550 g/mol. The zero-order valence-electron chi connectivity index (χ0n) is 19.5. The van der Waals surface area contributed by atoms with Gasteiger partial charge in [0.05, 0.1) is 27.9 Å². The van der Waals surface area contributed by atoms with Crippen molar-refractivity contribution < 1.29 is 40.3 Å². The van der Waals surface area contributed by atoms with Crippen LogP contribution in [0.15, 0.2) is 33.8 Å². The van der Waals surface area contributed by atoms with Crippen molar-refractivity contribution >= 4 is 48.9 Å². The summed E-state index contributed by atoms with van der Waals surface area (Å²) in [5, 5.41) is -0.163. The van der Waals surface area contributed by atoms with Crippen LogP contribution in [0.25, 0.3) is 0 Å². The van der Waals surface area contributed by atoms with E-state index in [2.05, 4.69) is 4.99 Å². The number of benzene rings is 1. The molecule has 1 aromatic rings. The predicted octanol–water partition coefficient (Wildman–Crippen LogP) is 2.59. The van der Waals surface area contributed by atoms with Gasteiger partial charge in [0.25, 0.3) is 0 Å². The highest BCUT2D eigenvalue weighted by atomic mass is 35.5. The van der Waals surface area contributed by atoms with E-state index in [0.29, 0.717) is 0 Å². The van der Waals surface area contributed by atoms with Crippen LogP contribution in [0.2, 0.25) is 5.02 Å². The maximum absolute atomic E-state index is 15.1. The van der Waals surface area contributed by atoms with Gasteiger partial charge in [-0.05, 0) is 39.8 Å². The molecule has 0 aliphatic carbocycles. The van der Waals surface area contributed by atoms with Crippen molar-refractivity contribution in [3.05, 3.63) is 45.2 Å². The Balaban J connectivity index is 2.14. The summed E-state index contributed by atoms with van der Waals surface area (Å²) in [4.78, 5) is 28.9. The first-order valence-corrected chi connectivity index (χ1v) is 14.4. The van der Waals surface area contributed by atoms with E-state index in [1.165, 1.54) is 19.1 Å². The van der Waals surface area contributed by atoms with Crippen molar-refractivity contribution in [2.75, 3.05) is 23.9 Å². The van der Waals surface area contributed by atoms with Crippen LogP contribution >= 0.6 is 11.6 Å². The van der Waals surface area contributed by atoms with Crippen molar-refractivity contribution in [1.82, 2.24) is 0 Å². The number of halogens is 2. The molecule has 0 N–H and O–H groups in total. The first kappa shape index (κ1) is 27.3. The standard InChI is InChI=1S/C22H25ClFNO8S2/c1-12-17(21(27)32-10-16(26)33-22(2,3)4)19(18-13(23)6-5-7-14(18)24)20-15(25-12)11-34(28,29)8-9-35(20,30)31/h5-7,17,19H,8-11H2,1-4H3. The molecule has 0 aromatic heterocycles. The summed E-state index contributed by atoms with van der Waals surface area (Å²) in [5.74, 6) is -7.92. The number of ether oxygens (including phenoxy) is 2. The zero-order valence-corrected chi connectivity index (χ0v) is 21.9. The lowest BCUT2D eigenvalue weighted by atomic mass is 9.80. The topological polar surface area (TPSA) is 133 Å². The molecule has 2 aliphatic rings. The number of rotatable bonds is 4. The number of allylic oxidation sites excluding steroid dienone is 1. The molecule has 3 rings (SSSR count). The minimum atomic E-state index is -4.30. The van der Waals surface area contributed by atoms with Gasteiger partial charge in [-0.3, -0.25) is 9.79 Å². The van der Waals surface area contributed by atoms with Gasteiger partial charge < -0.3 is 9.47 Å². The lowest BCUT2D eigenvalue weighted by molar-refractivity contribution is -0.167. The van der Waals surface area contributed by atoms with Gasteiger partial charge in [0.15, 0.2) is 26.3 Å². The van der Waals surface area contributed by atoms with Crippen molar-refractivity contribution in [3.63, 3.8) is 0 Å². The molecule has 0 spiro atoms. The second-order valence-corrected chi connectivity index (χ2v) is 13.9. The number of hydrogen-bond acceptors (Lipinski definition) is 9. The Labute approximate surface area is 208 Å². The molecule has 2 atom stereocenters. The fourth-order valence-corrected chi connectivity index (χ4v) is 8.40. The Kier molecular flexibility index (Phi) is 7.50. The van der Waals surface area contributed by atoms with E-state index < -0.39 is 83.6 Å². The largest absolute Gasteiger partial charge is 0.457 e. The molecule has 0 amide bonds. The summed E-state index contributed by atoms with van der Waals surface area (Å²) in [6.07, 6.45) is 0. The summed E-state index contributed by atoms with van der Waals surface area (Å²) < 4.78 is 76.6. The maximum Gasteiger partial charge on any atom is 0.344 e. The van der Waals surface area contributed by atoms with Crippen LogP contribution in [0.5, 0.6) is 0 Å². The number of esters is 2. The van der Waals surface area contributed by atoms with E-state index in [9.17, 15) is 26.4 Å². The highest BCUT2D eigenvalue weighted by Crippen LogP contribution is 2.46. The third-order valence-electron chi connectivity index (χ3n) is 5.33. The van der Waals surface area contributed by atoms with Crippen LogP contribution in [0.3, 0.4) is 0 Å². The van der Waals surface area contributed by atoms with Crippen LogP contribution in [-0.2, 0) is 38.7 Å². The van der Waals surface area contributed by atoms with Crippen LogP contribution in [0.1, 0.15) is 39.2 Å². The molecule has 0 fully saturated rings. The second kappa shape index (κ2) is 9.62. The molecular formula is C22H25ClFNO8S2. The highest BCUT2D eigenvalue weighted by Gasteiger charge is 2.48. The highest BCUT2D eigenvalue weighted by molar-refractivity contribution is 7.98. The fraction of sp³-hybridized carbons (Fsp3) is 0.500. The molecule has 0 bridgehead atoms. The average Bonchev–Trinajstić information content (AvgIpc) is 2.77. The van der Waals surface area contributed by atoms with Crippen LogP contribution in [0, 0.1) is 11.7 Å². The van der Waals surface area contributed by atoms with Gasteiger partial charge in [0, 0.05) is 22.2 Å². The zero-order chi connectivity index (χ0) is 26.3. The molecule has 1 aromatic carbocycles. The smallest absolute Gasteiger partial charge is 0.344 e. The normalized spacial score (nSPS) is 23.5. The Bertz CT molecular complexity index is 1320. The van der Waals surface area contributed by atoms with Crippen LogP contribution in [-0.4, -0.2) is 64.0 Å². The SMILES string of the molecule is CC1=NC2=C(C(c3c(F)cccc3Cl)C1C(=O)OCC(=O)OC(C)(C)C)S(=O)(=O)CCS(=O)(=O)C2.